The van der Waals surface area contributed by atoms with Gasteiger partial charge in [-0.15, -0.1) is 0 Å². The molecule has 18 heavy (non-hydrogen) atoms. The first-order valence-corrected chi connectivity index (χ1v) is 7.20. The molecule has 1 aliphatic carbocycles. The zero-order chi connectivity index (χ0) is 13.1. The number of halogens is 1. The highest BCUT2D eigenvalue weighted by Crippen LogP contribution is 2.39. The summed E-state index contributed by atoms with van der Waals surface area (Å²) in [6.45, 7) is 1.97. The minimum Gasteiger partial charge on any atom is -0.492 e. The van der Waals surface area contributed by atoms with Crippen molar-refractivity contribution in [1.82, 2.24) is 0 Å². The summed E-state index contributed by atoms with van der Waals surface area (Å²) in [6, 6.07) is 3.97. The van der Waals surface area contributed by atoms with E-state index in [0.717, 1.165) is 34.4 Å². The van der Waals surface area contributed by atoms with Crippen LogP contribution in [-0.4, -0.2) is 13.2 Å². The second-order valence-corrected chi connectivity index (χ2v) is 5.70. The molecule has 0 heterocycles. The second-order valence-electron chi connectivity index (χ2n) is 4.85. The van der Waals surface area contributed by atoms with Crippen LogP contribution in [0.2, 0.25) is 0 Å². The quantitative estimate of drug-likeness (QED) is 0.919. The van der Waals surface area contributed by atoms with E-state index >= 15 is 0 Å². The molecular weight excluding hydrogens is 294 g/mol. The highest BCUT2D eigenvalue weighted by Gasteiger charge is 2.20. The molecule has 2 rings (SSSR count). The lowest BCUT2D eigenvalue weighted by molar-refractivity contribution is 0.200. The first-order valence-electron chi connectivity index (χ1n) is 6.41. The first kappa shape index (κ1) is 13.7. The van der Waals surface area contributed by atoms with E-state index in [-0.39, 0.29) is 6.04 Å². The largest absolute Gasteiger partial charge is 0.492 e. The fraction of sp³-hybridized carbons (Fsp3) is 0.571. The normalized spacial score (nSPS) is 17.8. The molecule has 100 valence electrons. The van der Waals surface area contributed by atoms with Gasteiger partial charge in [0.2, 0.25) is 0 Å². The monoisotopic (exact) mass is 313 g/mol. The number of hydrogen-bond donors (Lipinski definition) is 1. The van der Waals surface area contributed by atoms with Gasteiger partial charge in [-0.25, -0.2) is 0 Å². The lowest BCUT2D eigenvalue weighted by Crippen LogP contribution is -2.13. The van der Waals surface area contributed by atoms with Crippen molar-refractivity contribution in [2.24, 2.45) is 5.73 Å². The van der Waals surface area contributed by atoms with Crippen molar-refractivity contribution < 1.29 is 9.47 Å². The van der Waals surface area contributed by atoms with Crippen LogP contribution in [0.3, 0.4) is 0 Å². The highest BCUT2D eigenvalue weighted by atomic mass is 79.9. The minimum absolute atomic E-state index is 0.0156. The summed E-state index contributed by atoms with van der Waals surface area (Å²) in [5.74, 6) is 1.55. The summed E-state index contributed by atoms with van der Waals surface area (Å²) in [5, 5.41) is 0. The minimum atomic E-state index is -0.0156. The van der Waals surface area contributed by atoms with Crippen LogP contribution < -0.4 is 15.2 Å². The van der Waals surface area contributed by atoms with Crippen molar-refractivity contribution in [3.8, 4) is 11.5 Å². The van der Waals surface area contributed by atoms with Gasteiger partial charge >= 0.3 is 0 Å². The van der Waals surface area contributed by atoms with Crippen molar-refractivity contribution >= 4 is 15.9 Å². The van der Waals surface area contributed by atoms with Crippen LogP contribution in [0.15, 0.2) is 16.6 Å². The molecule has 0 saturated heterocycles. The Balaban J connectivity index is 2.29. The molecule has 1 unspecified atom stereocenters. The predicted octanol–water partition coefficient (Wildman–Crippen LogP) is 3.80. The number of benzene rings is 1. The van der Waals surface area contributed by atoms with E-state index in [0.29, 0.717) is 6.10 Å². The highest BCUT2D eigenvalue weighted by molar-refractivity contribution is 9.10. The molecule has 0 spiro atoms. The maximum atomic E-state index is 6.06. The molecule has 1 saturated carbocycles. The third-order valence-electron chi connectivity index (χ3n) is 3.36. The Morgan fingerprint density at radius 1 is 1.33 bits per heavy atom. The van der Waals surface area contributed by atoms with Gasteiger partial charge in [-0.2, -0.15) is 0 Å². The number of methoxy groups -OCH3 is 1. The SMILES string of the molecule is COc1c(Br)cc(C(C)N)cc1OC1CCCC1. The molecule has 0 bridgehead atoms. The lowest BCUT2D eigenvalue weighted by atomic mass is 10.1. The first-order chi connectivity index (χ1) is 8.61. The molecule has 3 nitrogen and oxygen atoms in total. The van der Waals surface area contributed by atoms with Gasteiger partial charge in [-0.3, -0.25) is 0 Å². The third-order valence-corrected chi connectivity index (χ3v) is 3.95. The Bertz CT molecular complexity index is 415. The van der Waals surface area contributed by atoms with Gasteiger partial charge in [0.25, 0.3) is 0 Å². The maximum absolute atomic E-state index is 6.06. The third kappa shape index (κ3) is 2.98. The fourth-order valence-corrected chi connectivity index (χ4v) is 2.94. The van der Waals surface area contributed by atoms with Crippen LogP contribution in [-0.2, 0) is 0 Å². The number of hydrogen-bond acceptors (Lipinski definition) is 3. The van der Waals surface area contributed by atoms with Crippen molar-refractivity contribution in [2.45, 2.75) is 44.8 Å². The lowest BCUT2D eigenvalue weighted by Gasteiger charge is -2.19. The van der Waals surface area contributed by atoms with E-state index in [1.165, 1.54) is 12.8 Å². The Labute approximate surface area is 117 Å². The van der Waals surface area contributed by atoms with Crippen molar-refractivity contribution in [3.05, 3.63) is 22.2 Å². The van der Waals surface area contributed by atoms with E-state index in [4.69, 9.17) is 15.2 Å². The van der Waals surface area contributed by atoms with Crippen LogP contribution in [0, 0.1) is 0 Å². The predicted molar refractivity (Wildman–Crippen MR) is 76.2 cm³/mol. The number of ether oxygens (including phenoxy) is 2. The van der Waals surface area contributed by atoms with Crippen LogP contribution >= 0.6 is 15.9 Å². The van der Waals surface area contributed by atoms with Crippen LogP contribution in [0.1, 0.15) is 44.2 Å². The van der Waals surface area contributed by atoms with Gasteiger partial charge in [-0.05, 0) is 66.2 Å². The summed E-state index contributed by atoms with van der Waals surface area (Å²) >= 11 is 3.52. The van der Waals surface area contributed by atoms with Gasteiger partial charge in [0.15, 0.2) is 11.5 Å². The summed E-state index contributed by atoms with van der Waals surface area (Å²) in [6.07, 6.45) is 5.07. The second kappa shape index (κ2) is 5.93. The smallest absolute Gasteiger partial charge is 0.174 e. The zero-order valence-electron chi connectivity index (χ0n) is 10.9. The molecule has 0 radical (unpaired) electrons. The van der Waals surface area contributed by atoms with Crippen LogP contribution in [0.4, 0.5) is 0 Å². The number of rotatable bonds is 4. The summed E-state index contributed by atoms with van der Waals surface area (Å²) in [5.41, 5.74) is 6.99. The molecule has 0 aromatic heterocycles. The molecule has 1 fully saturated rings. The molecule has 1 aromatic carbocycles. The van der Waals surface area contributed by atoms with Gasteiger partial charge < -0.3 is 15.2 Å². The van der Waals surface area contributed by atoms with Gasteiger partial charge in [-0.1, -0.05) is 0 Å². The molecular formula is C14H20BrNO2. The van der Waals surface area contributed by atoms with E-state index < -0.39 is 0 Å². The van der Waals surface area contributed by atoms with Gasteiger partial charge in [0.05, 0.1) is 17.7 Å². The van der Waals surface area contributed by atoms with Crippen LogP contribution in [0.5, 0.6) is 11.5 Å². The van der Waals surface area contributed by atoms with Crippen LogP contribution in [0.25, 0.3) is 0 Å². The summed E-state index contributed by atoms with van der Waals surface area (Å²) in [7, 11) is 1.66. The average Bonchev–Trinajstić information content (AvgIpc) is 2.81. The Kier molecular flexibility index (Phi) is 4.51. The van der Waals surface area contributed by atoms with Crippen molar-refractivity contribution in [3.63, 3.8) is 0 Å². The zero-order valence-corrected chi connectivity index (χ0v) is 12.5. The molecule has 0 amide bonds. The summed E-state index contributed by atoms with van der Waals surface area (Å²) < 4.78 is 12.4. The molecule has 1 aromatic rings. The average molecular weight is 314 g/mol. The van der Waals surface area contributed by atoms with Gasteiger partial charge in [0, 0.05) is 6.04 Å². The molecule has 1 aliphatic rings. The van der Waals surface area contributed by atoms with E-state index in [2.05, 4.69) is 15.9 Å². The maximum Gasteiger partial charge on any atom is 0.174 e. The Morgan fingerprint density at radius 3 is 2.56 bits per heavy atom. The fourth-order valence-electron chi connectivity index (χ4n) is 2.32. The Morgan fingerprint density at radius 2 is 2.00 bits per heavy atom. The standard InChI is InChI=1S/C14H20BrNO2/c1-9(16)10-7-12(15)14(17-2)13(8-10)18-11-5-3-4-6-11/h7-9,11H,3-6,16H2,1-2H3. The van der Waals surface area contributed by atoms with Crippen molar-refractivity contribution in [1.29, 1.82) is 0 Å². The van der Waals surface area contributed by atoms with Gasteiger partial charge in [0.1, 0.15) is 0 Å². The van der Waals surface area contributed by atoms with E-state index in [9.17, 15) is 0 Å². The topological polar surface area (TPSA) is 44.5 Å². The summed E-state index contributed by atoms with van der Waals surface area (Å²) in [4.78, 5) is 0. The van der Waals surface area contributed by atoms with E-state index in [1.54, 1.807) is 7.11 Å². The Hall–Kier alpha value is -0.740. The molecule has 4 heteroatoms. The van der Waals surface area contributed by atoms with Crippen molar-refractivity contribution in [2.75, 3.05) is 7.11 Å². The molecule has 2 N–H and O–H groups in total. The number of nitrogens with two attached hydrogens (primary N) is 1. The molecule has 0 aliphatic heterocycles. The van der Waals surface area contributed by atoms with E-state index in [1.807, 2.05) is 19.1 Å². The molecule has 1 atom stereocenters.